The van der Waals surface area contributed by atoms with Gasteiger partial charge in [0.05, 0.1) is 12.2 Å². The molecule has 0 saturated carbocycles. The molecule has 4 aromatic rings. The van der Waals surface area contributed by atoms with Crippen molar-refractivity contribution in [2.45, 2.75) is 45.1 Å². The number of hydrogen-bond acceptors (Lipinski definition) is 4. The fourth-order valence-electron chi connectivity index (χ4n) is 4.80. The molecule has 0 radical (unpaired) electrons. The molecule has 1 N–H and O–H groups in total. The van der Waals surface area contributed by atoms with Crippen molar-refractivity contribution < 1.29 is 0 Å². The van der Waals surface area contributed by atoms with Gasteiger partial charge in [-0.05, 0) is 18.6 Å². The molecule has 5 rings (SSSR count). The van der Waals surface area contributed by atoms with Gasteiger partial charge in [-0.25, -0.2) is 4.98 Å². The standard InChI is InChI=1S/C25H26ClN5O/c1-3-4-13-25(2)16-30(20-12-8-11-19(26)22(20)25)15-18-14-21(32)31-24(27-18)28-23(29-31)17-9-6-5-7-10-17/h5-12,14H,3-4,13,15-16H2,1-2H3,(H,27,28,29). The van der Waals surface area contributed by atoms with E-state index in [2.05, 4.69) is 34.9 Å². The summed E-state index contributed by atoms with van der Waals surface area (Å²) in [5.74, 6) is 1.00. The first kappa shape index (κ1) is 20.8. The van der Waals surface area contributed by atoms with E-state index in [1.165, 1.54) is 10.1 Å². The number of nitrogens with zero attached hydrogens (tertiary/aromatic N) is 4. The van der Waals surface area contributed by atoms with E-state index in [1.807, 2.05) is 42.5 Å². The Hall–Kier alpha value is -3.12. The van der Waals surface area contributed by atoms with Crippen molar-refractivity contribution in [3.05, 3.63) is 81.2 Å². The van der Waals surface area contributed by atoms with E-state index in [0.717, 1.165) is 42.1 Å². The maximum atomic E-state index is 12.8. The Bertz CT molecular complexity index is 1330. The molecule has 164 valence electrons. The zero-order chi connectivity index (χ0) is 22.3. The van der Waals surface area contributed by atoms with Crippen molar-refractivity contribution in [1.82, 2.24) is 19.6 Å². The van der Waals surface area contributed by atoms with Gasteiger partial charge in [0.1, 0.15) is 0 Å². The summed E-state index contributed by atoms with van der Waals surface area (Å²) in [7, 11) is 0. The summed E-state index contributed by atoms with van der Waals surface area (Å²) in [6.45, 7) is 5.89. The maximum Gasteiger partial charge on any atom is 0.274 e. The molecule has 1 atom stereocenters. The van der Waals surface area contributed by atoms with Crippen molar-refractivity contribution in [1.29, 1.82) is 0 Å². The summed E-state index contributed by atoms with van der Waals surface area (Å²) < 4.78 is 1.39. The zero-order valence-corrected chi connectivity index (χ0v) is 19.1. The topological polar surface area (TPSA) is 66.3 Å². The fourth-order valence-corrected chi connectivity index (χ4v) is 5.20. The van der Waals surface area contributed by atoms with Gasteiger partial charge >= 0.3 is 0 Å². The quantitative estimate of drug-likeness (QED) is 0.440. The molecule has 1 aliphatic heterocycles. The smallest absolute Gasteiger partial charge is 0.274 e. The molecule has 0 bridgehead atoms. The van der Waals surface area contributed by atoms with Gasteiger partial charge < -0.3 is 4.90 Å². The van der Waals surface area contributed by atoms with Crippen LogP contribution in [0.1, 0.15) is 44.4 Å². The second kappa shape index (κ2) is 8.10. The number of unbranched alkanes of at least 4 members (excludes halogenated alkanes) is 1. The Balaban J connectivity index is 1.50. The minimum atomic E-state index is -0.168. The minimum Gasteiger partial charge on any atom is -0.364 e. The summed E-state index contributed by atoms with van der Waals surface area (Å²) in [5.41, 5.74) is 3.76. The number of halogens is 1. The van der Waals surface area contributed by atoms with Crippen LogP contribution in [-0.4, -0.2) is 26.1 Å². The largest absolute Gasteiger partial charge is 0.364 e. The van der Waals surface area contributed by atoms with Crippen molar-refractivity contribution in [2.24, 2.45) is 0 Å². The lowest BCUT2D eigenvalue weighted by Gasteiger charge is -2.26. The Morgan fingerprint density at radius 1 is 1.12 bits per heavy atom. The summed E-state index contributed by atoms with van der Waals surface area (Å²) in [5, 5.41) is 3.87. The van der Waals surface area contributed by atoms with Crippen LogP contribution in [0.2, 0.25) is 5.02 Å². The molecule has 2 aromatic heterocycles. The highest BCUT2D eigenvalue weighted by molar-refractivity contribution is 6.32. The predicted molar refractivity (Wildman–Crippen MR) is 128 cm³/mol. The molecule has 3 heterocycles. The number of hydrogen-bond donors (Lipinski definition) is 1. The molecule has 1 unspecified atom stereocenters. The van der Waals surface area contributed by atoms with Gasteiger partial charge in [-0.3, -0.25) is 9.89 Å². The molecule has 0 aliphatic carbocycles. The minimum absolute atomic E-state index is 0.0182. The molecule has 6 nitrogen and oxygen atoms in total. The number of fused-ring (bicyclic) bond motifs is 2. The molecular weight excluding hydrogens is 422 g/mol. The van der Waals surface area contributed by atoms with E-state index in [9.17, 15) is 4.79 Å². The highest BCUT2D eigenvalue weighted by atomic mass is 35.5. The Morgan fingerprint density at radius 3 is 2.72 bits per heavy atom. The average molecular weight is 448 g/mol. The molecule has 0 fully saturated rings. The van der Waals surface area contributed by atoms with Gasteiger partial charge in [-0.15, -0.1) is 0 Å². The van der Waals surface area contributed by atoms with Crippen LogP contribution in [0.5, 0.6) is 0 Å². The number of rotatable bonds is 6. The summed E-state index contributed by atoms with van der Waals surface area (Å²) in [6.07, 6.45) is 3.37. The van der Waals surface area contributed by atoms with E-state index < -0.39 is 0 Å². The summed E-state index contributed by atoms with van der Waals surface area (Å²) in [6, 6.07) is 17.4. The van der Waals surface area contributed by atoms with E-state index in [-0.39, 0.29) is 11.0 Å². The zero-order valence-electron chi connectivity index (χ0n) is 18.3. The highest BCUT2D eigenvalue weighted by Gasteiger charge is 2.40. The molecule has 0 spiro atoms. The van der Waals surface area contributed by atoms with Crippen LogP contribution in [0.4, 0.5) is 5.69 Å². The normalized spacial score (nSPS) is 17.8. The molecule has 7 heteroatoms. The first-order valence-electron chi connectivity index (χ1n) is 11.1. The van der Waals surface area contributed by atoms with Gasteiger partial charge in [0.2, 0.25) is 0 Å². The van der Waals surface area contributed by atoms with E-state index in [0.29, 0.717) is 23.8 Å². The van der Waals surface area contributed by atoms with Gasteiger partial charge in [-0.1, -0.05) is 74.7 Å². The molecule has 0 amide bonds. The summed E-state index contributed by atoms with van der Waals surface area (Å²) in [4.78, 5) is 24.4. The Kier molecular flexibility index (Phi) is 5.25. The van der Waals surface area contributed by atoms with Crippen molar-refractivity contribution in [3.8, 4) is 11.4 Å². The van der Waals surface area contributed by atoms with E-state index in [4.69, 9.17) is 16.6 Å². The monoisotopic (exact) mass is 447 g/mol. The molecule has 1 aliphatic rings. The predicted octanol–water partition coefficient (Wildman–Crippen LogP) is 5.21. The summed E-state index contributed by atoms with van der Waals surface area (Å²) >= 11 is 6.66. The lowest BCUT2D eigenvalue weighted by Crippen LogP contribution is -2.31. The molecule has 0 saturated heterocycles. The van der Waals surface area contributed by atoms with Crippen LogP contribution < -0.4 is 10.5 Å². The third-order valence-corrected chi connectivity index (χ3v) is 6.66. The van der Waals surface area contributed by atoms with Crippen molar-refractivity contribution >= 4 is 23.1 Å². The van der Waals surface area contributed by atoms with Crippen LogP contribution in [0.25, 0.3) is 17.2 Å². The fraction of sp³-hybridized carbons (Fsp3) is 0.320. The van der Waals surface area contributed by atoms with Crippen molar-refractivity contribution in [3.63, 3.8) is 0 Å². The highest BCUT2D eigenvalue weighted by Crippen LogP contribution is 2.47. The number of H-pyrrole nitrogens is 1. The molecular formula is C25H26ClN5O. The first-order valence-corrected chi connectivity index (χ1v) is 11.4. The second-order valence-corrected chi connectivity index (χ2v) is 9.22. The number of benzene rings is 2. The first-order chi connectivity index (χ1) is 15.5. The SMILES string of the molecule is CCCCC1(C)CN(Cc2cc(=O)n3[nH]c(-c4ccccc4)nc3n2)c2cccc(Cl)c21. The third-order valence-electron chi connectivity index (χ3n) is 6.34. The second-order valence-electron chi connectivity index (χ2n) is 8.81. The van der Waals surface area contributed by atoms with Crippen LogP contribution in [0.3, 0.4) is 0 Å². The van der Waals surface area contributed by atoms with Crippen LogP contribution >= 0.6 is 11.6 Å². The maximum absolute atomic E-state index is 12.8. The van der Waals surface area contributed by atoms with Gasteiger partial charge in [0.25, 0.3) is 11.3 Å². The Morgan fingerprint density at radius 2 is 1.94 bits per heavy atom. The average Bonchev–Trinajstić information content (AvgIpc) is 3.34. The van der Waals surface area contributed by atoms with Gasteiger partial charge in [0.15, 0.2) is 5.82 Å². The van der Waals surface area contributed by atoms with Gasteiger partial charge in [-0.2, -0.15) is 9.50 Å². The number of aromatic nitrogens is 4. The Labute approximate surface area is 191 Å². The van der Waals surface area contributed by atoms with E-state index in [1.54, 1.807) is 6.07 Å². The molecule has 32 heavy (non-hydrogen) atoms. The number of nitrogens with one attached hydrogen (secondary N) is 1. The lowest BCUT2D eigenvalue weighted by molar-refractivity contribution is 0.438. The van der Waals surface area contributed by atoms with E-state index >= 15 is 0 Å². The lowest BCUT2D eigenvalue weighted by atomic mass is 9.80. The third kappa shape index (κ3) is 3.58. The van der Waals surface area contributed by atoms with Crippen LogP contribution in [0, 0.1) is 0 Å². The van der Waals surface area contributed by atoms with Gasteiger partial charge in [0, 0.05) is 39.9 Å². The van der Waals surface area contributed by atoms with Crippen molar-refractivity contribution in [2.75, 3.05) is 11.4 Å². The number of aromatic amines is 1. The number of anilines is 1. The molecule has 2 aromatic carbocycles. The van der Waals surface area contributed by atoms with Crippen LogP contribution in [0.15, 0.2) is 59.4 Å². The van der Waals surface area contributed by atoms with Crippen LogP contribution in [-0.2, 0) is 12.0 Å².